The van der Waals surface area contributed by atoms with Crippen LogP contribution in [-0.2, 0) is 11.3 Å². The van der Waals surface area contributed by atoms with Crippen LogP contribution in [0.2, 0.25) is 0 Å². The van der Waals surface area contributed by atoms with E-state index in [1.54, 1.807) is 4.90 Å². The fourth-order valence-electron chi connectivity index (χ4n) is 2.88. The smallest absolute Gasteiger partial charge is 0.358 e. The first-order valence-corrected chi connectivity index (χ1v) is 7.32. The molecule has 0 unspecified atom stereocenters. The number of carboxylic acids is 1. The average molecular weight is 293 g/mol. The zero-order chi connectivity index (χ0) is 14.8. The molecule has 0 aromatic carbocycles. The van der Waals surface area contributed by atoms with E-state index in [-0.39, 0.29) is 24.1 Å². The number of nitrogens with zero attached hydrogens (tertiary/aromatic N) is 4. The van der Waals surface area contributed by atoms with Crippen molar-refractivity contribution in [2.24, 2.45) is 0 Å². The van der Waals surface area contributed by atoms with Gasteiger partial charge in [-0.25, -0.2) is 9.48 Å². The highest BCUT2D eigenvalue weighted by atomic mass is 16.4. The lowest BCUT2D eigenvalue weighted by atomic mass is 9.93. The first kappa shape index (κ1) is 14.0. The maximum atomic E-state index is 12.1. The number of carboxylic acid groups (broad SMARTS) is 1. The Morgan fingerprint density at radius 3 is 2.57 bits per heavy atom. The molecule has 3 heterocycles. The van der Waals surface area contributed by atoms with Crippen LogP contribution >= 0.6 is 0 Å². The molecule has 2 saturated heterocycles. The number of aromatic carboxylic acids is 1. The van der Waals surface area contributed by atoms with Gasteiger partial charge in [-0.2, -0.15) is 0 Å². The molecule has 8 heteroatoms. The van der Waals surface area contributed by atoms with E-state index >= 15 is 0 Å². The molecule has 114 valence electrons. The number of aromatic nitrogens is 3. The van der Waals surface area contributed by atoms with Gasteiger partial charge in [-0.1, -0.05) is 5.21 Å². The van der Waals surface area contributed by atoms with Gasteiger partial charge in [0, 0.05) is 19.0 Å². The molecule has 8 nitrogen and oxygen atoms in total. The molecule has 0 atom stereocenters. The van der Waals surface area contributed by atoms with Crippen molar-refractivity contribution in [1.29, 1.82) is 0 Å². The zero-order valence-electron chi connectivity index (χ0n) is 11.8. The van der Waals surface area contributed by atoms with Gasteiger partial charge in [0.05, 0.1) is 5.69 Å². The normalized spacial score (nSPS) is 19.3. The molecule has 1 aromatic rings. The molecule has 2 aliphatic heterocycles. The Morgan fingerprint density at radius 2 is 2.00 bits per heavy atom. The predicted molar refractivity (Wildman–Crippen MR) is 73.0 cm³/mol. The summed E-state index contributed by atoms with van der Waals surface area (Å²) in [7, 11) is 0. The van der Waals surface area contributed by atoms with Gasteiger partial charge in [-0.05, 0) is 32.4 Å². The Kier molecular flexibility index (Phi) is 3.87. The van der Waals surface area contributed by atoms with Crippen molar-refractivity contribution < 1.29 is 14.7 Å². The summed E-state index contributed by atoms with van der Waals surface area (Å²) in [4.78, 5) is 25.2. The molecule has 1 aromatic heterocycles. The molecule has 2 aliphatic rings. The molecule has 3 rings (SSSR count). The number of rotatable bonds is 4. The third-order valence-electron chi connectivity index (χ3n) is 4.20. The van der Waals surface area contributed by atoms with Crippen molar-refractivity contribution in [2.45, 2.75) is 31.7 Å². The molecule has 1 amide bonds. The summed E-state index contributed by atoms with van der Waals surface area (Å²) >= 11 is 0. The second kappa shape index (κ2) is 5.80. The molecule has 0 aliphatic carbocycles. The number of carbonyl (C=O) groups is 2. The predicted octanol–water partition coefficient (Wildman–Crippen LogP) is -0.324. The van der Waals surface area contributed by atoms with Crippen LogP contribution in [0.25, 0.3) is 0 Å². The number of piperidine rings is 1. The molecule has 21 heavy (non-hydrogen) atoms. The number of hydrogen-bond donors (Lipinski definition) is 2. The molecule has 0 bridgehead atoms. The molecule has 0 radical (unpaired) electrons. The van der Waals surface area contributed by atoms with Gasteiger partial charge in [0.15, 0.2) is 5.69 Å². The fraction of sp³-hybridized carbons (Fsp3) is 0.692. The Hall–Kier alpha value is -1.96. The Morgan fingerprint density at radius 1 is 1.29 bits per heavy atom. The summed E-state index contributed by atoms with van der Waals surface area (Å²) in [5.41, 5.74) is 0.580. The summed E-state index contributed by atoms with van der Waals surface area (Å²) in [5.74, 6) is -0.999. The van der Waals surface area contributed by atoms with Gasteiger partial charge in [0.1, 0.15) is 6.54 Å². The van der Waals surface area contributed by atoms with E-state index in [9.17, 15) is 14.7 Å². The summed E-state index contributed by atoms with van der Waals surface area (Å²) in [6.45, 7) is 3.33. The van der Waals surface area contributed by atoms with Crippen molar-refractivity contribution in [3.05, 3.63) is 11.4 Å². The van der Waals surface area contributed by atoms with Crippen LogP contribution < -0.4 is 5.32 Å². The molecule has 2 fully saturated rings. The van der Waals surface area contributed by atoms with Gasteiger partial charge in [-0.15, -0.1) is 5.10 Å². The summed E-state index contributed by atoms with van der Waals surface area (Å²) in [5, 5.41) is 20.2. The van der Waals surface area contributed by atoms with Crippen molar-refractivity contribution >= 4 is 11.9 Å². The second-order valence-electron chi connectivity index (χ2n) is 5.54. The van der Waals surface area contributed by atoms with E-state index in [0.717, 1.165) is 45.4 Å². The molecular weight excluding hydrogens is 274 g/mol. The SMILES string of the molecule is O=C(O)c1nnn(CC(=O)N2CCC2)c1C1CCNCC1. The highest BCUT2D eigenvalue weighted by Crippen LogP contribution is 2.27. The van der Waals surface area contributed by atoms with E-state index < -0.39 is 5.97 Å². The van der Waals surface area contributed by atoms with Crippen LogP contribution in [0.15, 0.2) is 0 Å². The van der Waals surface area contributed by atoms with Gasteiger partial charge in [-0.3, -0.25) is 4.79 Å². The Balaban J connectivity index is 1.84. The van der Waals surface area contributed by atoms with Crippen molar-refractivity contribution in [3.63, 3.8) is 0 Å². The minimum absolute atomic E-state index is 0.0155. The van der Waals surface area contributed by atoms with Crippen LogP contribution in [0.4, 0.5) is 0 Å². The van der Waals surface area contributed by atoms with Crippen molar-refractivity contribution in [2.75, 3.05) is 26.2 Å². The third kappa shape index (κ3) is 2.76. The second-order valence-corrected chi connectivity index (χ2v) is 5.54. The molecule has 2 N–H and O–H groups in total. The van der Waals surface area contributed by atoms with Gasteiger partial charge in [0.25, 0.3) is 0 Å². The lowest BCUT2D eigenvalue weighted by molar-refractivity contribution is -0.135. The number of nitrogens with one attached hydrogen (secondary N) is 1. The minimum Gasteiger partial charge on any atom is -0.476 e. The Bertz CT molecular complexity index is 546. The molecular formula is C13H19N5O3. The summed E-state index contributed by atoms with van der Waals surface area (Å²) in [6, 6.07) is 0. The number of carbonyl (C=O) groups excluding carboxylic acids is 1. The monoisotopic (exact) mass is 293 g/mol. The summed E-state index contributed by atoms with van der Waals surface area (Å²) < 4.78 is 1.49. The van der Waals surface area contributed by atoms with Crippen LogP contribution in [0.5, 0.6) is 0 Å². The quantitative estimate of drug-likeness (QED) is 0.789. The average Bonchev–Trinajstić information content (AvgIpc) is 2.81. The van der Waals surface area contributed by atoms with E-state index in [4.69, 9.17) is 0 Å². The van der Waals surface area contributed by atoms with Crippen LogP contribution in [0.1, 0.15) is 41.4 Å². The largest absolute Gasteiger partial charge is 0.476 e. The lowest BCUT2D eigenvalue weighted by Gasteiger charge is -2.31. The van der Waals surface area contributed by atoms with E-state index in [2.05, 4.69) is 15.6 Å². The van der Waals surface area contributed by atoms with Crippen LogP contribution in [0, 0.1) is 0 Å². The van der Waals surface area contributed by atoms with Gasteiger partial charge in [0.2, 0.25) is 5.91 Å². The zero-order valence-corrected chi connectivity index (χ0v) is 11.8. The first-order valence-electron chi connectivity index (χ1n) is 7.32. The fourth-order valence-corrected chi connectivity index (χ4v) is 2.88. The topological polar surface area (TPSA) is 100 Å². The highest BCUT2D eigenvalue weighted by molar-refractivity contribution is 5.87. The van der Waals surface area contributed by atoms with Gasteiger partial charge >= 0.3 is 5.97 Å². The number of likely N-dealkylation sites (tertiary alicyclic amines) is 1. The lowest BCUT2D eigenvalue weighted by Crippen LogP contribution is -2.44. The maximum absolute atomic E-state index is 12.1. The number of amides is 1. The highest BCUT2D eigenvalue weighted by Gasteiger charge is 2.29. The van der Waals surface area contributed by atoms with Crippen molar-refractivity contribution in [3.8, 4) is 0 Å². The maximum Gasteiger partial charge on any atom is 0.358 e. The van der Waals surface area contributed by atoms with Crippen LogP contribution in [-0.4, -0.2) is 63.1 Å². The van der Waals surface area contributed by atoms with Crippen LogP contribution in [0.3, 0.4) is 0 Å². The standard InChI is InChI=1S/C13H19N5O3/c19-10(17-6-1-7-17)8-18-12(9-2-4-14-5-3-9)11(13(20)21)15-16-18/h9,14H,1-8H2,(H,20,21). The first-order chi connectivity index (χ1) is 10.2. The summed E-state index contributed by atoms with van der Waals surface area (Å²) in [6.07, 6.45) is 2.71. The van der Waals surface area contributed by atoms with E-state index in [0.29, 0.717) is 5.69 Å². The van der Waals surface area contributed by atoms with E-state index in [1.165, 1.54) is 4.68 Å². The van der Waals surface area contributed by atoms with Crippen molar-refractivity contribution in [1.82, 2.24) is 25.2 Å². The van der Waals surface area contributed by atoms with E-state index in [1.807, 2.05) is 0 Å². The van der Waals surface area contributed by atoms with Gasteiger partial charge < -0.3 is 15.3 Å². The minimum atomic E-state index is -1.08. The number of hydrogen-bond acceptors (Lipinski definition) is 5. The third-order valence-corrected chi connectivity index (χ3v) is 4.20. The Labute approximate surface area is 122 Å². The molecule has 0 saturated carbocycles. The molecule has 0 spiro atoms.